The van der Waals surface area contributed by atoms with Gasteiger partial charge in [0.2, 0.25) is 5.79 Å². The van der Waals surface area contributed by atoms with Gasteiger partial charge in [0.25, 0.3) is 0 Å². The second-order valence-corrected chi connectivity index (χ2v) is 8.59. The van der Waals surface area contributed by atoms with Crippen molar-refractivity contribution in [2.24, 2.45) is 0 Å². The Bertz CT molecular complexity index is 864. The van der Waals surface area contributed by atoms with Crippen molar-refractivity contribution in [2.75, 3.05) is 19.0 Å². The van der Waals surface area contributed by atoms with Crippen molar-refractivity contribution in [1.82, 2.24) is 0 Å². The first-order chi connectivity index (χ1) is 14.5. The number of rotatable bonds is 5. The predicted molar refractivity (Wildman–Crippen MR) is 119 cm³/mol. The van der Waals surface area contributed by atoms with E-state index in [4.69, 9.17) is 42.5 Å². The van der Waals surface area contributed by atoms with Crippen molar-refractivity contribution in [3.63, 3.8) is 0 Å². The lowest BCUT2D eigenvalue weighted by atomic mass is 9.89. The molecule has 2 fully saturated rings. The highest BCUT2D eigenvalue weighted by atomic mass is 35.5. The predicted octanol–water partition coefficient (Wildman–Crippen LogP) is 6.11. The second-order valence-electron chi connectivity index (χ2n) is 7.72. The van der Waals surface area contributed by atoms with Crippen LogP contribution in [0.1, 0.15) is 31.2 Å². The van der Waals surface area contributed by atoms with Crippen molar-refractivity contribution >= 4 is 34.5 Å². The van der Waals surface area contributed by atoms with E-state index in [1.165, 1.54) is 0 Å². The number of ether oxygens (including phenoxy) is 2. The largest absolute Gasteiger partial charge is 0.497 e. The summed E-state index contributed by atoms with van der Waals surface area (Å²) < 4.78 is 11.3. The van der Waals surface area contributed by atoms with E-state index in [2.05, 4.69) is 11.9 Å². The van der Waals surface area contributed by atoms with Gasteiger partial charge in [-0.3, -0.25) is 0 Å². The van der Waals surface area contributed by atoms with Crippen LogP contribution in [0.2, 0.25) is 10.0 Å². The molecule has 2 aliphatic rings. The quantitative estimate of drug-likeness (QED) is 0.557. The molecule has 1 saturated heterocycles. The van der Waals surface area contributed by atoms with Crippen molar-refractivity contribution < 1.29 is 19.2 Å². The van der Waals surface area contributed by atoms with E-state index >= 15 is 0 Å². The van der Waals surface area contributed by atoms with Gasteiger partial charge in [0.05, 0.1) is 13.7 Å². The summed E-state index contributed by atoms with van der Waals surface area (Å²) in [6.45, 7) is 4.56. The first-order valence-electron chi connectivity index (χ1n) is 10.0. The molecule has 1 aliphatic heterocycles. The number of anilines is 1. The van der Waals surface area contributed by atoms with E-state index in [1.807, 2.05) is 36.4 Å². The summed E-state index contributed by atoms with van der Waals surface area (Å²) in [5.41, 5.74) is 2.71. The molecule has 5 nitrogen and oxygen atoms in total. The Labute approximate surface area is 186 Å². The number of hydrogen-bond acceptors (Lipinski definition) is 5. The van der Waals surface area contributed by atoms with E-state index in [1.54, 1.807) is 13.2 Å². The highest BCUT2D eigenvalue weighted by Crippen LogP contribution is 2.39. The zero-order valence-electron chi connectivity index (χ0n) is 16.8. The van der Waals surface area contributed by atoms with Gasteiger partial charge < -0.3 is 14.8 Å². The standard InChI is InChI=1S/C23H25Cl2NO4/c1-15(16-3-5-21(27-2)6-4-16)22-14-28-23(30-29-22)9-7-19(8-10-23)26-20-12-17(24)11-18(25)13-20/h3-6,11-13,19,22,26H,1,7-10,14H2,2H3. The molecule has 0 radical (unpaired) electrons. The average Bonchev–Trinajstić information content (AvgIpc) is 2.75. The lowest BCUT2D eigenvalue weighted by Crippen LogP contribution is -2.49. The van der Waals surface area contributed by atoms with Crippen molar-refractivity contribution in [3.8, 4) is 5.75 Å². The minimum atomic E-state index is -0.694. The average molecular weight is 450 g/mol. The minimum Gasteiger partial charge on any atom is -0.497 e. The van der Waals surface area contributed by atoms with Crippen LogP contribution in [0.15, 0.2) is 49.0 Å². The van der Waals surface area contributed by atoms with Crippen molar-refractivity contribution in [3.05, 3.63) is 64.7 Å². The molecule has 30 heavy (non-hydrogen) atoms. The van der Waals surface area contributed by atoms with Gasteiger partial charge in [0.15, 0.2) is 0 Å². The third-order valence-corrected chi connectivity index (χ3v) is 6.08. The summed E-state index contributed by atoms with van der Waals surface area (Å²) in [7, 11) is 1.64. The summed E-state index contributed by atoms with van der Waals surface area (Å²) in [5.74, 6) is 0.105. The molecule has 4 rings (SSSR count). The van der Waals surface area contributed by atoms with Crippen molar-refractivity contribution in [2.45, 2.75) is 43.6 Å². The molecule has 1 N–H and O–H groups in total. The minimum absolute atomic E-state index is 0.296. The Morgan fingerprint density at radius 2 is 1.77 bits per heavy atom. The Morgan fingerprint density at radius 3 is 2.33 bits per heavy atom. The maximum Gasteiger partial charge on any atom is 0.201 e. The molecular formula is C23H25Cl2NO4. The van der Waals surface area contributed by atoms with Crippen molar-refractivity contribution in [1.29, 1.82) is 0 Å². The van der Waals surface area contributed by atoms with E-state index in [-0.39, 0.29) is 6.10 Å². The van der Waals surface area contributed by atoms with Crippen LogP contribution in [-0.4, -0.2) is 31.6 Å². The Hall–Kier alpha value is -1.76. The molecule has 0 bridgehead atoms. The molecular weight excluding hydrogens is 425 g/mol. The molecule has 2 aromatic rings. The number of benzene rings is 2. The molecule has 1 heterocycles. The third-order valence-electron chi connectivity index (χ3n) is 5.64. The zero-order valence-corrected chi connectivity index (χ0v) is 18.3. The van der Waals surface area contributed by atoms with Crippen LogP contribution in [0.5, 0.6) is 5.75 Å². The Morgan fingerprint density at radius 1 is 1.10 bits per heavy atom. The van der Waals surface area contributed by atoms with Gasteiger partial charge in [-0.1, -0.05) is 41.9 Å². The number of methoxy groups -OCH3 is 1. The normalized spacial score (nSPS) is 26.4. The lowest BCUT2D eigenvalue weighted by Gasteiger charge is -2.43. The fourth-order valence-electron chi connectivity index (χ4n) is 3.88. The molecule has 160 valence electrons. The van der Waals surface area contributed by atoms with Gasteiger partial charge in [-0.05, 0) is 54.3 Å². The fraction of sp³-hybridized carbons (Fsp3) is 0.391. The number of hydrogen-bond donors (Lipinski definition) is 1. The van der Waals surface area contributed by atoms with Gasteiger partial charge >= 0.3 is 0 Å². The van der Waals surface area contributed by atoms with Crippen LogP contribution in [0, 0.1) is 0 Å². The van der Waals surface area contributed by atoms with Gasteiger partial charge in [-0.2, -0.15) is 0 Å². The first kappa shape index (κ1) is 21.5. The van der Waals surface area contributed by atoms with E-state index in [0.717, 1.165) is 48.3 Å². The summed E-state index contributed by atoms with van der Waals surface area (Å²) in [6, 6.07) is 13.5. The van der Waals surface area contributed by atoms with Gasteiger partial charge in [0.1, 0.15) is 11.9 Å². The summed E-state index contributed by atoms with van der Waals surface area (Å²) in [6.07, 6.45) is 2.91. The molecule has 2 aromatic carbocycles. The summed E-state index contributed by atoms with van der Waals surface area (Å²) in [4.78, 5) is 11.5. The molecule has 1 spiro atoms. The van der Waals surface area contributed by atoms with Gasteiger partial charge in [-0.25, -0.2) is 9.78 Å². The SMILES string of the molecule is C=C(c1ccc(OC)cc1)C1COC2(CCC(Nc3cc(Cl)cc(Cl)c3)CC2)OO1. The van der Waals surface area contributed by atoms with Crippen LogP contribution in [0.25, 0.3) is 5.57 Å². The van der Waals surface area contributed by atoms with Gasteiger partial charge in [0, 0.05) is 34.6 Å². The summed E-state index contributed by atoms with van der Waals surface area (Å²) >= 11 is 12.2. The maximum atomic E-state index is 6.14. The first-order valence-corrected chi connectivity index (χ1v) is 10.8. The third kappa shape index (κ3) is 4.93. The van der Waals surface area contributed by atoms with Crippen LogP contribution in [0.3, 0.4) is 0 Å². The molecule has 0 aromatic heterocycles. The van der Waals surface area contributed by atoms with Crippen LogP contribution in [0.4, 0.5) is 5.69 Å². The lowest BCUT2D eigenvalue weighted by molar-refractivity contribution is -0.483. The van der Waals surface area contributed by atoms with Crippen LogP contribution < -0.4 is 10.1 Å². The maximum absolute atomic E-state index is 6.14. The molecule has 1 atom stereocenters. The smallest absolute Gasteiger partial charge is 0.201 e. The monoisotopic (exact) mass is 449 g/mol. The topological polar surface area (TPSA) is 49.0 Å². The van der Waals surface area contributed by atoms with Gasteiger partial charge in [-0.15, -0.1) is 0 Å². The van der Waals surface area contributed by atoms with E-state index in [0.29, 0.717) is 22.7 Å². The van der Waals surface area contributed by atoms with Crippen LogP contribution in [-0.2, 0) is 14.5 Å². The Balaban J connectivity index is 1.29. The fourth-order valence-corrected chi connectivity index (χ4v) is 4.40. The highest BCUT2D eigenvalue weighted by molar-refractivity contribution is 6.35. The molecule has 7 heteroatoms. The molecule has 1 aliphatic carbocycles. The number of halogens is 2. The zero-order chi connectivity index (χ0) is 21.1. The summed E-state index contributed by atoms with van der Waals surface area (Å²) in [5, 5.41) is 4.73. The molecule has 1 saturated carbocycles. The molecule has 1 unspecified atom stereocenters. The highest BCUT2D eigenvalue weighted by Gasteiger charge is 2.43. The number of nitrogens with one attached hydrogen (secondary N) is 1. The van der Waals surface area contributed by atoms with Crippen LogP contribution >= 0.6 is 23.2 Å². The van der Waals surface area contributed by atoms with E-state index in [9.17, 15) is 0 Å². The van der Waals surface area contributed by atoms with E-state index < -0.39 is 5.79 Å². The Kier molecular flexibility index (Phi) is 6.56. The second kappa shape index (κ2) is 9.16. The molecule has 0 amide bonds.